The van der Waals surface area contributed by atoms with Crippen molar-refractivity contribution >= 4 is 8.07 Å². The summed E-state index contributed by atoms with van der Waals surface area (Å²) in [5.74, 6) is 0. The van der Waals surface area contributed by atoms with Crippen molar-refractivity contribution in [1.82, 2.24) is 0 Å². The molecule has 0 aliphatic heterocycles. The molecule has 2 N–H and O–H groups in total. The van der Waals surface area contributed by atoms with Crippen LogP contribution in [0.15, 0.2) is 0 Å². The van der Waals surface area contributed by atoms with E-state index in [2.05, 4.69) is 27.7 Å². The maximum atomic E-state index is 2.36. The summed E-state index contributed by atoms with van der Waals surface area (Å²) in [6.45, 7) is 9.46. The van der Waals surface area contributed by atoms with Crippen molar-refractivity contribution in [1.29, 1.82) is 0 Å². The maximum absolute atomic E-state index is 2.36. The Morgan fingerprint density at radius 2 is 0.900 bits per heavy atom. The molecule has 0 saturated carbocycles. The Morgan fingerprint density at radius 1 is 0.700 bits per heavy atom. The van der Waals surface area contributed by atoms with Gasteiger partial charge in [-0.1, -0.05) is 51.9 Å². The first-order chi connectivity index (χ1) is 4.24. The Hall–Kier alpha value is 0.177. The van der Waals surface area contributed by atoms with Crippen LogP contribution >= 0.6 is 0 Å². The minimum Gasteiger partial charge on any atom is -0.412 e. The molecule has 0 bridgehead atoms. The van der Waals surface area contributed by atoms with Crippen LogP contribution in [0.2, 0.25) is 24.2 Å². The second-order valence-electron chi connectivity index (χ2n) is 2.91. The second-order valence-corrected chi connectivity index (χ2v) is 8.74. The van der Waals surface area contributed by atoms with Crippen LogP contribution in [0.4, 0.5) is 0 Å². The van der Waals surface area contributed by atoms with Crippen molar-refractivity contribution in [2.45, 2.75) is 51.9 Å². The van der Waals surface area contributed by atoms with Crippen molar-refractivity contribution in [3.05, 3.63) is 0 Å². The fourth-order valence-electron chi connectivity index (χ4n) is 1.50. The molecule has 0 aliphatic carbocycles. The lowest BCUT2D eigenvalue weighted by Gasteiger charge is -2.25. The van der Waals surface area contributed by atoms with E-state index >= 15 is 0 Å². The van der Waals surface area contributed by atoms with Gasteiger partial charge in [0.05, 0.1) is 8.07 Å². The number of hydrogen-bond acceptors (Lipinski definition) is 0. The van der Waals surface area contributed by atoms with Gasteiger partial charge in [0.2, 0.25) is 0 Å². The SMILES string of the molecule is CC[Si](CC)(CC)CC.O. The first kappa shape index (κ1) is 12.8. The van der Waals surface area contributed by atoms with Gasteiger partial charge in [0.1, 0.15) is 0 Å². The molecule has 0 aromatic rings. The van der Waals surface area contributed by atoms with Crippen LogP contribution in [0.5, 0.6) is 0 Å². The second kappa shape index (κ2) is 5.92. The Kier molecular flexibility index (Phi) is 7.59. The summed E-state index contributed by atoms with van der Waals surface area (Å²) in [7, 11) is -0.691. The van der Waals surface area contributed by atoms with Crippen LogP contribution in [0.3, 0.4) is 0 Å². The smallest absolute Gasteiger partial charge is 0.0524 e. The van der Waals surface area contributed by atoms with Gasteiger partial charge in [0.15, 0.2) is 0 Å². The first-order valence-corrected chi connectivity index (χ1v) is 7.07. The van der Waals surface area contributed by atoms with Gasteiger partial charge in [-0.3, -0.25) is 0 Å². The Labute approximate surface area is 66.2 Å². The fourth-order valence-corrected chi connectivity index (χ4v) is 4.50. The Bertz CT molecular complexity index is 52.1. The lowest BCUT2D eigenvalue weighted by Crippen LogP contribution is -2.29. The molecular formula is C8H22OSi. The van der Waals surface area contributed by atoms with Crippen molar-refractivity contribution in [2.75, 3.05) is 0 Å². The fraction of sp³-hybridized carbons (Fsp3) is 1.00. The molecule has 2 heteroatoms. The standard InChI is InChI=1S/C8H20Si.H2O/c1-5-9(6-2,7-3)8-4;/h5-8H2,1-4H3;1H2. The number of hydrogen-bond donors (Lipinski definition) is 0. The summed E-state index contributed by atoms with van der Waals surface area (Å²) < 4.78 is 0. The molecule has 0 aromatic carbocycles. The predicted molar refractivity (Wildman–Crippen MR) is 51.3 cm³/mol. The van der Waals surface area contributed by atoms with E-state index in [1.165, 1.54) is 24.2 Å². The summed E-state index contributed by atoms with van der Waals surface area (Å²) in [5, 5.41) is 0. The third kappa shape index (κ3) is 2.84. The van der Waals surface area contributed by atoms with E-state index in [9.17, 15) is 0 Å². The predicted octanol–water partition coefficient (Wildman–Crippen LogP) is 2.69. The van der Waals surface area contributed by atoms with Gasteiger partial charge in [-0.2, -0.15) is 0 Å². The molecule has 0 radical (unpaired) electrons. The minimum atomic E-state index is -0.691. The Morgan fingerprint density at radius 3 is 0.900 bits per heavy atom. The molecule has 0 rings (SSSR count). The van der Waals surface area contributed by atoms with Crippen LogP contribution < -0.4 is 0 Å². The third-order valence-corrected chi connectivity index (χ3v) is 9.00. The molecule has 0 heterocycles. The summed E-state index contributed by atoms with van der Waals surface area (Å²) >= 11 is 0. The van der Waals surface area contributed by atoms with Crippen LogP contribution in [-0.2, 0) is 0 Å². The highest BCUT2D eigenvalue weighted by molar-refractivity contribution is 6.79. The average molecular weight is 162 g/mol. The third-order valence-electron chi connectivity index (χ3n) is 3.00. The molecule has 0 atom stereocenters. The molecule has 0 aromatic heterocycles. The van der Waals surface area contributed by atoms with E-state index < -0.39 is 8.07 Å². The first-order valence-electron chi connectivity index (χ1n) is 4.24. The summed E-state index contributed by atoms with van der Waals surface area (Å²) in [6.07, 6.45) is 0. The van der Waals surface area contributed by atoms with Crippen molar-refractivity contribution in [3.63, 3.8) is 0 Å². The molecule has 0 fully saturated rings. The molecule has 64 valence electrons. The zero-order valence-electron chi connectivity index (χ0n) is 7.83. The van der Waals surface area contributed by atoms with Gasteiger partial charge < -0.3 is 5.48 Å². The molecule has 0 spiro atoms. The van der Waals surface area contributed by atoms with Crippen LogP contribution in [0.25, 0.3) is 0 Å². The molecular weight excluding hydrogens is 140 g/mol. The van der Waals surface area contributed by atoms with Gasteiger partial charge in [0, 0.05) is 0 Å². The van der Waals surface area contributed by atoms with Gasteiger partial charge in [-0.15, -0.1) is 0 Å². The minimum absolute atomic E-state index is 0. The molecule has 0 saturated heterocycles. The van der Waals surface area contributed by atoms with Crippen molar-refractivity contribution in [3.8, 4) is 0 Å². The lowest BCUT2D eigenvalue weighted by atomic mass is 10.9. The maximum Gasteiger partial charge on any atom is 0.0524 e. The van der Waals surface area contributed by atoms with E-state index in [1.54, 1.807) is 0 Å². The van der Waals surface area contributed by atoms with Crippen molar-refractivity contribution < 1.29 is 5.48 Å². The molecule has 1 nitrogen and oxygen atoms in total. The van der Waals surface area contributed by atoms with E-state index in [0.29, 0.717) is 0 Å². The quantitative estimate of drug-likeness (QED) is 0.569. The molecule has 0 amide bonds. The largest absolute Gasteiger partial charge is 0.412 e. The summed E-state index contributed by atoms with van der Waals surface area (Å²) in [6, 6.07) is 5.93. The van der Waals surface area contributed by atoms with E-state index in [1.807, 2.05) is 0 Å². The number of rotatable bonds is 4. The molecule has 0 unspecified atom stereocenters. The van der Waals surface area contributed by atoms with Gasteiger partial charge in [-0.25, -0.2) is 0 Å². The normalized spacial score (nSPS) is 10.8. The van der Waals surface area contributed by atoms with E-state index in [0.717, 1.165) is 0 Å². The Balaban J connectivity index is 0. The van der Waals surface area contributed by atoms with Crippen LogP contribution in [-0.4, -0.2) is 13.6 Å². The topological polar surface area (TPSA) is 31.5 Å². The zero-order chi connectivity index (χ0) is 7.33. The van der Waals surface area contributed by atoms with Crippen LogP contribution in [0, 0.1) is 0 Å². The highest BCUT2D eigenvalue weighted by atomic mass is 28.3. The summed E-state index contributed by atoms with van der Waals surface area (Å²) in [5.41, 5.74) is 0. The lowest BCUT2D eigenvalue weighted by molar-refractivity contribution is 0.824. The highest BCUT2D eigenvalue weighted by Crippen LogP contribution is 2.23. The summed E-state index contributed by atoms with van der Waals surface area (Å²) in [4.78, 5) is 0. The zero-order valence-corrected chi connectivity index (χ0v) is 8.83. The molecule has 10 heavy (non-hydrogen) atoms. The average Bonchev–Trinajstić information content (AvgIpc) is 1.95. The van der Waals surface area contributed by atoms with E-state index in [4.69, 9.17) is 0 Å². The monoisotopic (exact) mass is 162 g/mol. The van der Waals surface area contributed by atoms with E-state index in [-0.39, 0.29) is 5.48 Å². The van der Waals surface area contributed by atoms with Gasteiger partial charge in [0.25, 0.3) is 0 Å². The molecule has 0 aliphatic rings. The van der Waals surface area contributed by atoms with Crippen LogP contribution in [0.1, 0.15) is 27.7 Å². The van der Waals surface area contributed by atoms with Gasteiger partial charge in [-0.05, 0) is 0 Å². The van der Waals surface area contributed by atoms with Crippen molar-refractivity contribution in [2.24, 2.45) is 0 Å². The highest BCUT2D eigenvalue weighted by Gasteiger charge is 2.23. The van der Waals surface area contributed by atoms with Gasteiger partial charge >= 0.3 is 0 Å².